The summed E-state index contributed by atoms with van der Waals surface area (Å²) >= 11 is 0. The summed E-state index contributed by atoms with van der Waals surface area (Å²) in [5, 5.41) is 5.54. The number of esters is 1. The van der Waals surface area contributed by atoms with Crippen LogP contribution in [0.5, 0.6) is 0 Å². The highest BCUT2D eigenvalue weighted by Gasteiger charge is 2.28. The van der Waals surface area contributed by atoms with E-state index in [-0.39, 0.29) is 31.3 Å². The molecular weight excluding hydrogens is 442 g/mol. The molecule has 0 saturated heterocycles. The zero-order chi connectivity index (χ0) is 25.3. The van der Waals surface area contributed by atoms with Crippen LogP contribution >= 0.6 is 0 Å². The number of carbonyl (C=O) groups excluding carboxylic acids is 3. The van der Waals surface area contributed by atoms with Crippen LogP contribution in [-0.4, -0.2) is 35.9 Å². The van der Waals surface area contributed by atoms with Crippen molar-refractivity contribution in [3.8, 4) is 11.1 Å². The fourth-order valence-corrected chi connectivity index (χ4v) is 3.73. The molecule has 0 aliphatic carbocycles. The fraction of sp³-hybridized carbons (Fsp3) is 0.321. The van der Waals surface area contributed by atoms with Crippen LogP contribution < -0.4 is 10.6 Å². The van der Waals surface area contributed by atoms with Gasteiger partial charge in [0.1, 0.15) is 12.6 Å². The quantitative estimate of drug-likeness (QED) is 0.409. The van der Waals surface area contributed by atoms with E-state index >= 15 is 0 Å². The van der Waals surface area contributed by atoms with Crippen LogP contribution in [0.15, 0.2) is 79.1 Å². The van der Waals surface area contributed by atoms with Crippen LogP contribution in [-0.2, 0) is 25.7 Å². The maximum absolute atomic E-state index is 13.3. The molecule has 0 aliphatic rings. The van der Waals surface area contributed by atoms with Crippen molar-refractivity contribution < 1.29 is 19.1 Å². The number of hydrogen-bond acceptors (Lipinski definition) is 4. The summed E-state index contributed by atoms with van der Waals surface area (Å²) < 4.78 is 7.19. The predicted molar refractivity (Wildman–Crippen MR) is 135 cm³/mol. The first-order chi connectivity index (χ1) is 16.8. The van der Waals surface area contributed by atoms with Crippen LogP contribution in [0, 0.1) is 5.41 Å². The summed E-state index contributed by atoms with van der Waals surface area (Å²) in [5.74, 6) is -0.862. The van der Waals surface area contributed by atoms with E-state index in [1.807, 2.05) is 86.8 Å². The average molecular weight is 476 g/mol. The molecule has 0 aliphatic heterocycles. The minimum Gasteiger partial charge on any atom is -0.461 e. The van der Waals surface area contributed by atoms with Gasteiger partial charge in [0.2, 0.25) is 11.8 Å². The highest BCUT2D eigenvalue weighted by Crippen LogP contribution is 2.24. The highest BCUT2D eigenvalue weighted by atomic mass is 16.5. The lowest BCUT2D eigenvalue weighted by molar-refractivity contribution is -0.147. The molecule has 0 fully saturated rings. The number of ether oxygens (including phenoxy) is 1. The molecule has 0 saturated carbocycles. The highest BCUT2D eigenvalue weighted by molar-refractivity contribution is 5.85. The number of nitrogens with zero attached hydrogens (tertiary/aromatic N) is 1. The van der Waals surface area contributed by atoms with E-state index in [1.54, 1.807) is 17.8 Å². The van der Waals surface area contributed by atoms with Crippen molar-refractivity contribution in [2.75, 3.05) is 13.6 Å². The largest absolute Gasteiger partial charge is 0.461 e. The van der Waals surface area contributed by atoms with E-state index in [9.17, 15) is 14.4 Å². The summed E-state index contributed by atoms with van der Waals surface area (Å²) in [6, 6.07) is 20.4. The Morgan fingerprint density at radius 2 is 1.60 bits per heavy atom. The number of carbonyl (C=O) groups is 3. The molecule has 1 aromatic heterocycles. The minimum absolute atomic E-state index is 0.0943. The van der Waals surface area contributed by atoms with Gasteiger partial charge in [-0.1, -0.05) is 74.5 Å². The summed E-state index contributed by atoms with van der Waals surface area (Å²) in [6.45, 7) is 4.26. The third-order valence-electron chi connectivity index (χ3n) is 5.75. The van der Waals surface area contributed by atoms with Gasteiger partial charge in [-0.05, 0) is 28.2 Å². The van der Waals surface area contributed by atoms with Crippen LogP contribution in [0.3, 0.4) is 0 Å². The third kappa shape index (κ3) is 7.84. The third-order valence-corrected chi connectivity index (χ3v) is 5.75. The van der Waals surface area contributed by atoms with Gasteiger partial charge in [0, 0.05) is 32.4 Å². The van der Waals surface area contributed by atoms with E-state index in [0.717, 1.165) is 16.7 Å². The summed E-state index contributed by atoms with van der Waals surface area (Å²) in [5.41, 5.74) is 2.40. The van der Waals surface area contributed by atoms with Gasteiger partial charge in [0.05, 0.1) is 6.42 Å². The van der Waals surface area contributed by atoms with Crippen molar-refractivity contribution in [1.29, 1.82) is 0 Å². The van der Waals surface area contributed by atoms with Crippen LogP contribution in [0.25, 0.3) is 11.1 Å². The van der Waals surface area contributed by atoms with E-state index < -0.39 is 17.4 Å². The molecule has 2 aromatic carbocycles. The van der Waals surface area contributed by atoms with Crippen LogP contribution in [0.4, 0.5) is 0 Å². The minimum atomic E-state index is -0.786. The number of amides is 2. The van der Waals surface area contributed by atoms with Crippen molar-refractivity contribution >= 4 is 17.8 Å². The number of aromatic nitrogens is 1. The van der Waals surface area contributed by atoms with Gasteiger partial charge in [-0.2, -0.15) is 0 Å². The van der Waals surface area contributed by atoms with Crippen molar-refractivity contribution in [1.82, 2.24) is 15.2 Å². The standard InChI is InChI=1S/C28H33N3O4/c1-28(2,17-25(32)29-3)20-30-27(34)24(16-26(33)35-19-21-10-6-4-7-11-21)31-15-14-23(18-31)22-12-8-5-9-13-22/h4-15,18,24H,16-17,19-20H2,1-3H3,(H,29,32)(H,30,34)/t24-/m1/s1. The van der Waals surface area contributed by atoms with Gasteiger partial charge < -0.3 is 19.9 Å². The van der Waals surface area contributed by atoms with Crippen LogP contribution in [0.2, 0.25) is 0 Å². The predicted octanol–water partition coefficient (Wildman–Crippen LogP) is 4.11. The molecule has 3 rings (SSSR count). The van der Waals surface area contributed by atoms with Crippen molar-refractivity contribution in [2.24, 2.45) is 5.41 Å². The number of rotatable bonds is 11. The topological polar surface area (TPSA) is 89.4 Å². The second-order valence-corrected chi connectivity index (χ2v) is 9.31. The SMILES string of the molecule is CNC(=O)CC(C)(C)CNC(=O)[C@@H](CC(=O)OCc1ccccc1)n1ccc(-c2ccccc2)c1. The van der Waals surface area contributed by atoms with E-state index in [2.05, 4.69) is 10.6 Å². The summed E-state index contributed by atoms with van der Waals surface area (Å²) in [7, 11) is 1.59. The van der Waals surface area contributed by atoms with Gasteiger partial charge in [0.15, 0.2) is 0 Å². The molecule has 2 amide bonds. The Bertz CT molecular complexity index is 1120. The number of nitrogens with one attached hydrogen (secondary N) is 2. The lowest BCUT2D eigenvalue weighted by Crippen LogP contribution is -2.40. The van der Waals surface area contributed by atoms with E-state index in [1.165, 1.54) is 0 Å². The zero-order valence-electron chi connectivity index (χ0n) is 20.5. The monoisotopic (exact) mass is 475 g/mol. The molecule has 1 atom stereocenters. The Balaban J connectivity index is 1.73. The molecule has 0 bridgehead atoms. The molecule has 35 heavy (non-hydrogen) atoms. The van der Waals surface area contributed by atoms with Gasteiger partial charge in [0.25, 0.3) is 0 Å². The Kier molecular flexibility index (Phi) is 8.84. The molecular formula is C28H33N3O4. The molecule has 184 valence electrons. The maximum atomic E-state index is 13.3. The van der Waals surface area contributed by atoms with Gasteiger partial charge in [-0.3, -0.25) is 14.4 Å². The Morgan fingerprint density at radius 1 is 0.943 bits per heavy atom. The molecule has 3 aromatic rings. The normalized spacial score (nSPS) is 12.0. The zero-order valence-corrected chi connectivity index (χ0v) is 20.5. The molecule has 0 spiro atoms. The van der Waals surface area contributed by atoms with E-state index in [4.69, 9.17) is 4.74 Å². The fourth-order valence-electron chi connectivity index (χ4n) is 3.73. The van der Waals surface area contributed by atoms with Crippen molar-refractivity contribution in [2.45, 2.75) is 39.3 Å². The van der Waals surface area contributed by atoms with Gasteiger partial charge >= 0.3 is 5.97 Å². The average Bonchev–Trinajstić information content (AvgIpc) is 3.35. The molecule has 1 heterocycles. The molecule has 7 nitrogen and oxygen atoms in total. The molecule has 0 unspecified atom stereocenters. The number of hydrogen-bond donors (Lipinski definition) is 2. The van der Waals surface area contributed by atoms with Crippen molar-refractivity contribution in [3.63, 3.8) is 0 Å². The Labute approximate surface area is 206 Å². The smallest absolute Gasteiger partial charge is 0.308 e. The first kappa shape index (κ1) is 25.7. The second kappa shape index (κ2) is 12.0. The lowest BCUT2D eigenvalue weighted by Gasteiger charge is -2.26. The second-order valence-electron chi connectivity index (χ2n) is 9.31. The molecule has 2 N–H and O–H groups in total. The van der Waals surface area contributed by atoms with Gasteiger partial charge in [-0.25, -0.2) is 0 Å². The molecule has 0 radical (unpaired) electrons. The number of benzene rings is 2. The first-order valence-electron chi connectivity index (χ1n) is 11.7. The Morgan fingerprint density at radius 3 is 2.26 bits per heavy atom. The summed E-state index contributed by atoms with van der Waals surface area (Å²) in [6.07, 6.45) is 3.82. The Hall–Kier alpha value is -3.87. The maximum Gasteiger partial charge on any atom is 0.308 e. The van der Waals surface area contributed by atoms with E-state index in [0.29, 0.717) is 6.54 Å². The van der Waals surface area contributed by atoms with Gasteiger partial charge in [-0.15, -0.1) is 0 Å². The molecule has 7 heteroatoms. The lowest BCUT2D eigenvalue weighted by atomic mass is 9.88. The first-order valence-corrected chi connectivity index (χ1v) is 11.7. The summed E-state index contributed by atoms with van der Waals surface area (Å²) in [4.78, 5) is 37.8. The van der Waals surface area contributed by atoms with Crippen molar-refractivity contribution in [3.05, 3.63) is 84.7 Å². The van der Waals surface area contributed by atoms with Crippen LogP contribution in [0.1, 0.15) is 38.3 Å².